The summed E-state index contributed by atoms with van der Waals surface area (Å²) in [6, 6.07) is -0.985. The summed E-state index contributed by atoms with van der Waals surface area (Å²) < 4.78 is 0. The Labute approximate surface area is 97.9 Å². The molecule has 17 heavy (non-hydrogen) atoms. The monoisotopic (exact) mass is 241 g/mol. The van der Waals surface area contributed by atoms with Crippen LogP contribution in [0.5, 0.6) is 0 Å². The summed E-state index contributed by atoms with van der Waals surface area (Å²) in [7, 11) is 0. The maximum Gasteiger partial charge on any atom is 0.326 e. The van der Waals surface area contributed by atoms with Gasteiger partial charge in [0, 0.05) is 31.3 Å². The molecule has 94 valence electrons. The molecule has 0 aromatic carbocycles. The number of nitrogens with zero attached hydrogens (tertiary/aromatic N) is 1. The highest BCUT2D eigenvalue weighted by molar-refractivity contribution is 5.83. The highest BCUT2D eigenvalue weighted by Gasteiger charge is 2.20. The largest absolute Gasteiger partial charge is 0.480 e. The first-order chi connectivity index (χ1) is 8.13. The Hall–Kier alpha value is -1.89. The van der Waals surface area contributed by atoms with Gasteiger partial charge in [-0.05, 0) is 6.42 Å². The number of nitrogens with one attached hydrogen (secondary N) is 2. The fourth-order valence-corrected chi connectivity index (χ4v) is 1.32. The zero-order valence-corrected chi connectivity index (χ0v) is 9.22. The minimum Gasteiger partial charge on any atom is -0.480 e. The molecule has 7 nitrogen and oxygen atoms in total. The van der Waals surface area contributed by atoms with Gasteiger partial charge in [0.05, 0.1) is 6.33 Å². The van der Waals surface area contributed by atoms with Gasteiger partial charge in [0.25, 0.3) is 0 Å². The second-order valence-electron chi connectivity index (χ2n) is 3.57. The zero-order chi connectivity index (χ0) is 12.7. The fraction of sp³-hybridized carbons (Fsp3) is 0.500. The number of imidazole rings is 1. The van der Waals surface area contributed by atoms with Gasteiger partial charge in [-0.1, -0.05) is 0 Å². The standard InChI is InChI=1S/C10H15N3O4/c14-3-1-2-9(15)13-8(10(16)17)4-7-5-11-6-12-7/h5-6,8,14H,1-4H2,(H,11,12)(H,13,15)(H,16,17)/t8-/m0/s1. The topological polar surface area (TPSA) is 115 Å². The van der Waals surface area contributed by atoms with Crippen LogP contribution in [0.3, 0.4) is 0 Å². The van der Waals surface area contributed by atoms with Crippen LogP contribution in [0.4, 0.5) is 0 Å². The zero-order valence-electron chi connectivity index (χ0n) is 9.22. The van der Waals surface area contributed by atoms with E-state index in [0.717, 1.165) is 0 Å². The smallest absolute Gasteiger partial charge is 0.326 e. The summed E-state index contributed by atoms with van der Waals surface area (Å²) in [4.78, 5) is 28.8. The van der Waals surface area contributed by atoms with Gasteiger partial charge in [-0.2, -0.15) is 0 Å². The predicted octanol–water partition coefficient (Wildman–Crippen LogP) is -0.706. The first-order valence-corrected chi connectivity index (χ1v) is 5.23. The molecule has 1 aromatic heterocycles. The van der Waals surface area contributed by atoms with Crippen molar-refractivity contribution in [1.82, 2.24) is 15.3 Å². The third-order valence-corrected chi connectivity index (χ3v) is 2.17. The average Bonchev–Trinajstić information content (AvgIpc) is 2.78. The fourth-order valence-electron chi connectivity index (χ4n) is 1.32. The summed E-state index contributed by atoms with van der Waals surface area (Å²) in [6.45, 7) is -0.0916. The van der Waals surface area contributed by atoms with Crippen LogP contribution in [0, 0.1) is 0 Å². The molecular weight excluding hydrogens is 226 g/mol. The number of aliphatic hydroxyl groups is 1. The van der Waals surface area contributed by atoms with E-state index in [4.69, 9.17) is 10.2 Å². The number of carboxylic acid groups (broad SMARTS) is 1. The minimum atomic E-state index is -1.10. The van der Waals surface area contributed by atoms with Gasteiger partial charge in [0.1, 0.15) is 6.04 Å². The summed E-state index contributed by atoms with van der Waals surface area (Å²) in [5.41, 5.74) is 0.639. The van der Waals surface area contributed by atoms with E-state index in [-0.39, 0.29) is 25.4 Å². The van der Waals surface area contributed by atoms with E-state index < -0.39 is 12.0 Å². The van der Waals surface area contributed by atoms with Gasteiger partial charge in [0.2, 0.25) is 5.91 Å². The number of rotatable bonds is 7. The van der Waals surface area contributed by atoms with Crippen LogP contribution in [-0.4, -0.2) is 44.7 Å². The molecule has 0 aliphatic rings. The Balaban J connectivity index is 2.49. The van der Waals surface area contributed by atoms with Crippen molar-refractivity contribution >= 4 is 11.9 Å². The Kier molecular flexibility index (Phi) is 5.15. The number of carboxylic acids is 1. The van der Waals surface area contributed by atoms with Gasteiger partial charge in [-0.25, -0.2) is 9.78 Å². The predicted molar refractivity (Wildman–Crippen MR) is 58.2 cm³/mol. The van der Waals surface area contributed by atoms with Crippen LogP contribution < -0.4 is 5.32 Å². The molecule has 0 bridgehead atoms. The maximum atomic E-state index is 11.3. The van der Waals surface area contributed by atoms with Gasteiger partial charge in [-0.15, -0.1) is 0 Å². The molecule has 1 heterocycles. The molecule has 1 aromatic rings. The molecule has 0 saturated carbocycles. The normalized spacial score (nSPS) is 12.1. The highest BCUT2D eigenvalue weighted by Crippen LogP contribution is 2.00. The molecule has 0 unspecified atom stereocenters. The van der Waals surface area contributed by atoms with Crippen molar-refractivity contribution in [2.45, 2.75) is 25.3 Å². The van der Waals surface area contributed by atoms with Crippen molar-refractivity contribution in [1.29, 1.82) is 0 Å². The van der Waals surface area contributed by atoms with Gasteiger partial charge in [-0.3, -0.25) is 4.79 Å². The molecule has 0 saturated heterocycles. The number of aromatic nitrogens is 2. The van der Waals surface area contributed by atoms with E-state index >= 15 is 0 Å². The molecular formula is C10H15N3O4. The molecule has 0 spiro atoms. The second-order valence-corrected chi connectivity index (χ2v) is 3.57. The number of hydrogen-bond acceptors (Lipinski definition) is 4. The number of carbonyl (C=O) groups excluding carboxylic acids is 1. The minimum absolute atomic E-state index is 0.0916. The number of aromatic amines is 1. The molecule has 4 N–H and O–H groups in total. The van der Waals surface area contributed by atoms with Gasteiger partial charge in [0.15, 0.2) is 0 Å². The molecule has 0 fully saturated rings. The lowest BCUT2D eigenvalue weighted by Gasteiger charge is -2.13. The first kappa shape index (κ1) is 13.2. The number of aliphatic carboxylic acids is 1. The summed E-state index contributed by atoms with van der Waals surface area (Å²) in [6.07, 6.45) is 3.54. The molecule has 0 aliphatic carbocycles. The van der Waals surface area contributed by atoms with Crippen LogP contribution >= 0.6 is 0 Å². The van der Waals surface area contributed by atoms with E-state index in [9.17, 15) is 9.59 Å². The molecule has 0 aliphatic heterocycles. The Bertz CT molecular complexity index is 364. The third kappa shape index (κ3) is 4.64. The number of H-pyrrole nitrogens is 1. The van der Waals surface area contributed by atoms with E-state index in [1.54, 1.807) is 0 Å². The molecule has 0 radical (unpaired) electrons. The van der Waals surface area contributed by atoms with E-state index in [2.05, 4.69) is 15.3 Å². The summed E-state index contributed by atoms with van der Waals surface area (Å²) in [5, 5.41) is 19.9. The Morgan fingerprint density at radius 2 is 2.29 bits per heavy atom. The SMILES string of the molecule is O=C(CCCO)N[C@@H](Cc1cnc[nH]1)C(=O)O. The summed E-state index contributed by atoms with van der Waals surface area (Å²) >= 11 is 0. The number of amides is 1. The molecule has 1 rings (SSSR count). The van der Waals surface area contributed by atoms with E-state index in [1.165, 1.54) is 12.5 Å². The molecule has 1 amide bonds. The van der Waals surface area contributed by atoms with Crippen LogP contribution in [0.2, 0.25) is 0 Å². The second kappa shape index (κ2) is 6.64. The lowest BCUT2D eigenvalue weighted by Crippen LogP contribution is -2.42. The highest BCUT2D eigenvalue weighted by atomic mass is 16.4. The number of carbonyl (C=O) groups is 2. The molecule has 7 heteroatoms. The van der Waals surface area contributed by atoms with Crippen molar-refractivity contribution in [2.24, 2.45) is 0 Å². The quantitative estimate of drug-likeness (QED) is 0.503. The van der Waals surface area contributed by atoms with Crippen LogP contribution in [0.15, 0.2) is 12.5 Å². The first-order valence-electron chi connectivity index (χ1n) is 5.23. The summed E-state index contributed by atoms with van der Waals surface area (Å²) in [5.74, 6) is -1.48. The van der Waals surface area contributed by atoms with E-state index in [0.29, 0.717) is 12.1 Å². The number of aliphatic hydroxyl groups excluding tert-OH is 1. The van der Waals surface area contributed by atoms with Gasteiger partial charge >= 0.3 is 5.97 Å². The van der Waals surface area contributed by atoms with Crippen LogP contribution in [0.1, 0.15) is 18.5 Å². The van der Waals surface area contributed by atoms with Crippen molar-refractivity contribution < 1.29 is 19.8 Å². The van der Waals surface area contributed by atoms with Crippen molar-refractivity contribution in [2.75, 3.05) is 6.61 Å². The maximum absolute atomic E-state index is 11.3. The lowest BCUT2D eigenvalue weighted by atomic mass is 10.1. The Morgan fingerprint density at radius 1 is 1.53 bits per heavy atom. The van der Waals surface area contributed by atoms with Crippen molar-refractivity contribution in [3.8, 4) is 0 Å². The number of hydrogen-bond donors (Lipinski definition) is 4. The average molecular weight is 241 g/mol. The molecule has 1 atom stereocenters. The Morgan fingerprint density at radius 3 is 2.82 bits per heavy atom. The third-order valence-electron chi connectivity index (χ3n) is 2.17. The van der Waals surface area contributed by atoms with E-state index in [1.807, 2.05) is 0 Å². The van der Waals surface area contributed by atoms with Crippen molar-refractivity contribution in [3.05, 3.63) is 18.2 Å². The lowest BCUT2D eigenvalue weighted by molar-refractivity contribution is -0.141. The van der Waals surface area contributed by atoms with Crippen LogP contribution in [-0.2, 0) is 16.0 Å². The van der Waals surface area contributed by atoms with Gasteiger partial charge < -0.3 is 20.5 Å². The van der Waals surface area contributed by atoms with Crippen LogP contribution in [0.25, 0.3) is 0 Å². The van der Waals surface area contributed by atoms with Crippen molar-refractivity contribution in [3.63, 3.8) is 0 Å².